The number of aryl methyl sites for hydroxylation is 1. The lowest BCUT2D eigenvalue weighted by atomic mass is 10.1. The molecule has 90 valence electrons. The quantitative estimate of drug-likeness (QED) is 0.859. The normalized spacial score (nSPS) is 10.7. The molecule has 0 saturated heterocycles. The van der Waals surface area contributed by atoms with Crippen LogP contribution in [0.25, 0.3) is 0 Å². The van der Waals surface area contributed by atoms with Crippen molar-refractivity contribution in [3.8, 4) is 0 Å². The van der Waals surface area contributed by atoms with Crippen molar-refractivity contribution in [3.05, 3.63) is 58.3 Å². The third kappa shape index (κ3) is 2.47. The van der Waals surface area contributed by atoms with Gasteiger partial charge in [0.2, 0.25) is 0 Å². The van der Waals surface area contributed by atoms with Gasteiger partial charge in [-0.25, -0.2) is 4.79 Å². The predicted octanol–water partition coefficient (Wildman–Crippen LogP) is 1.18. The Bertz CT molecular complexity index is 537. The Labute approximate surface area is 100 Å². The van der Waals surface area contributed by atoms with Crippen molar-refractivity contribution in [3.63, 3.8) is 0 Å². The van der Waals surface area contributed by atoms with E-state index in [1.54, 1.807) is 9.13 Å². The van der Waals surface area contributed by atoms with E-state index in [1.807, 2.05) is 43.6 Å². The molecule has 1 aromatic heterocycles. The highest BCUT2D eigenvalue weighted by molar-refractivity contribution is 5.22. The van der Waals surface area contributed by atoms with Crippen LogP contribution in [0, 0.1) is 0 Å². The molecular weight excluding hydrogens is 214 g/mol. The van der Waals surface area contributed by atoms with Crippen molar-refractivity contribution < 1.29 is 0 Å². The van der Waals surface area contributed by atoms with Crippen molar-refractivity contribution in [1.29, 1.82) is 0 Å². The number of hydrogen-bond donors (Lipinski definition) is 1. The van der Waals surface area contributed by atoms with Gasteiger partial charge in [-0.15, -0.1) is 0 Å². The Morgan fingerprint density at radius 2 is 1.65 bits per heavy atom. The van der Waals surface area contributed by atoms with E-state index in [0.717, 1.165) is 11.1 Å². The molecule has 0 amide bonds. The highest BCUT2D eigenvalue weighted by Gasteiger charge is 2.02. The fourth-order valence-corrected chi connectivity index (χ4v) is 1.79. The third-order valence-corrected chi connectivity index (χ3v) is 2.87. The summed E-state index contributed by atoms with van der Waals surface area (Å²) in [6.07, 6.45) is 3.64. The molecule has 17 heavy (non-hydrogen) atoms. The van der Waals surface area contributed by atoms with Crippen LogP contribution in [0.3, 0.4) is 0 Å². The minimum Gasteiger partial charge on any atom is -0.326 e. The zero-order valence-corrected chi connectivity index (χ0v) is 9.97. The molecule has 2 N–H and O–H groups in total. The maximum absolute atomic E-state index is 11.8. The van der Waals surface area contributed by atoms with Gasteiger partial charge in [0.15, 0.2) is 0 Å². The molecule has 0 spiro atoms. The van der Waals surface area contributed by atoms with Gasteiger partial charge in [0.05, 0.1) is 6.54 Å². The smallest absolute Gasteiger partial charge is 0.326 e. The van der Waals surface area contributed by atoms with Gasteiger partial charge in [-0.3, -0.25) is 9.13 Å². The molecule has 0 aliphatic rings. The van der Waals surface area contributed by atoms with Crippen LogP contribution in [0.1, 0.15) is 18.1 Å². The Kier molecular flexibility index (Phi) is 3.44. The molecule has 1 heterocycles. The van der Waals surface area contributed by atoms with Gasteiger partial charge in [0, 0.05) is 25.5 Å². The zero-order chi connectivity index (χ0) is 12.3. The number of hydrogen-bond acceptors (Lipinski definition) is 2. The molecule has 0 atom stereocenters. The fraction of sp³-hybridized carbons (Fsp3) is 0.308. The van der Waals surface area contributed by atoms with Crippen molar-refractivity contribution in [2.45, 2.75) is 26.6 Å². The minimum absolute atomic E-state index is 0.0374. The molecule has 0 fully saturated rings. The van der Waals surface area contributed by atoms with Crippen LogP contribution in [-0.2, 0) is 19.6 Å². The van der Waals surface area contributed by atoms with E-state index >= 15 is 0 Å². The molecule has 1 aromatic carbocycles. The first-order chi connectivity index (χ1) is 8.24. The van der Waals surface area contributed by atoms with Crippen LogP contribution in [0.5, 0.6) is 0 Å². The molecule has 0 bridgehead atoms. The van der Waals surface area contributed by atoms with Gasteiger partial charge in [-0.1, -0.05) is 24.3 Å². The number of benzene rings is 1. The second-order valence-electron chi connectivity index (χ2n) is 4.02. The Hall–Kier alpha value is -1.81. The summed E-state index contributed by atoms with van der Waals surface area (Å²) in [5.41, 5.74) is 7.79. The topological polar surface area (TPSA) is 52.9 Å². The number of imidazole rings is 1. The summed E-state index contributed by atoms with van der Waals surface area (Å²) >= 11 is 0. The van der Waals surface area contributed by atoms with Crippen LogP contribution in [0.4, 0.5) is 0 Å². The van der Waals surface area contributed by atoms with Gasteiger partial charge in [0.1, 0.15) is 0 Å². The van der Waals surface area contributed by atoms with Crippen LogP contribution < -0.4 is 11.4 Å². The minimum atomic E-state index is 0.0374. The maximum atomic E-state index is 11.8. The lowest BCUT2D eigenvalue weighted by molar-refractivity contribution is 0.668. The molecular formula is C13H17N3O. The van der Waals surface area contributed by atoms with Gasteiger partial charge in [-0.2, -0.15) is 0 Å². The van der Waals surface area contributed by atoms with E-state index in [9.17, 15) is 4.79 Å². The molecule has 4 nitrogen and oxygen atoms in total. The van der Waals surface area contributed by atoms with Crippen molar-refractivity contribution in [2.75, 3.05) is 0 Å². The summed E-state index contributed by atoms with van der Waals surface area (Å²) < 4.78 is 3.40. The predicted molar refractivity (Wildman–Crippen MR) is 67.8 cm³/mol. The molecule has 0 aliphatic heterocycles. The van der Waals surface area contributed by atoms with E-state index in [4.69, 9.17) is 5.73 Å². The van der Waals surface area contributed by atoms with E-state index in [1.165, 1.54) is 0 Å². The lowest BCUT2D eigenvalue weighted by Crippen LogP contribution is -2.23. The Morgan fingerprint density at radius 3 is 2.18 bits per heavy atom. The summed E-state index contributed by atoms with van der Waals surface area (Å²) in [6, 6.07) is 8.02. The van der Waals surface area contributed by atoms with Crippen molar-refractivity contribution in [1.82, 2.24) is 9.13 Å². The highest BCUT2D eigenvalue weighted by Crippen LogP contribution is 2.05. The zero-order valence-electron chi connectivity index (χ0n) is 9.97. The summed E-state index contributed by atoms with van der Waals surface area (Å²) in [4.78, 5) is 11.8. The van der Waals surface area contributed by atoms with Gasteiger partial charge in [0.25, 0.3) is 0 Å². The molecule has 0 radical (unpaired) electrons. The summed E-state index contributed by atoms with van der Waals surface area (Å²) in [7, 11) is 0. The molecule has 0 unspecified atom stereocenters. The standard InChI is InChI=1S/C13H17N3O/c1-2-15-7-8-16(13(15)17)10-12-5-3-11(9-14)4-6-12/h3-8H,2,9-10,14H2,1H3. The van der Waals surface area contributed by atoms with Gasteiger partial charge >= 0.3 is 5.69 Å². The monoisotopic (exact) mass is 231 g/mol. The van der Waals surface area contributed by atoms with Gasteiger partial charge in [-0.05, 0) is 18.1 Å². The Morgan fingerprint density at radius 1 is 1.06 bits per heavy atom. The van der Waals surface area contributed by atoms with Crippen molar-refractivity contribution >= 4 is 0 Å². The van der Waals surface area contributed by atoms with Crippen LogP contribution >= 0.6 is 0 Å². The average molecular weight is 231 g/mol. The summed E-state index contributed by atoms with van der Waals surface area (Å²) in [6.45, 7) is 3.82. The van der Waals surface area contributed by atoms with Crippen LogP contribution in [0.2, 0.25) is 0 Å². The lowest BCUT2D eigenvalue weighted by Gasteiger charge is -2.03. The first kappa shape index (κ1) is 11.7. The molecule has 0 aliphatic carbocycles. The second-order valence-corrected chi connectivity index (χ2v) is 4.02. The van der Waals surface area contributed by atoms with E-state index < -0.39 is 0 Å². The number of rotatable bonds is 4. The second kappa shape index (κ2) is 5.01. The van der Waals surface area contributed by atoms with Gasteiger partial charge < -0.3 is 5.73 Å². The summed E-state index contributed by atoms with van der Waals surface area (Å²) in [5, 5.41) is 0. The van der Waals surface area contributed by atoms with Crippen molar-refractivity contribution in [2.24, 2.45) is 5.73 Å². The first-order valence-electron chi connectivity index (χ1n) is 5.78. The van der Waals surface area contributed by atoms with Crippen LogP contribution in [-0.4, -0.2) is 9.13 Å². The third-order valence-electron chi connectivity index (χ3n) is 2.87. The number of aromatic nitrogens is 2. The number of nitrogens with zero attached hydrogens (tertiary/aromatic N) is 2. The largest absolute Gasteiger partial charge is 0.328 e. The van der Waals surface area contributed by atoms with E-state index in [-0.39, 0.29) is 5.69 Å². The molecule has 2 aromatic rings. The molecule has 4 heteroatoms. The average Bonchev–Trinajstić information content (AvgIpc) is 2.71. The molecule has 2 rings (SSSR count). The SMILES string of the molecule is CCn1ccn(Cc2ccc(CN)cc2)c1=O. The Balaban J connectivity index is 2.19. The van der Waals surface area contributed by atoms with E-state index in [2.05, 4.69) is 0 Å². The molecule has 0 saturated carbocycles. The summed E-state index contributed by atoms with van der Waals surface area (Å²) in [5.74, 6) is 0. The van der Waals surface area contributed by atoms with E-state index in [0.29, 0.717) is 19.6 Å². The van der Waals surface area contributed by atoms with Crippen LogP contribution in [0.15, 0.2) is 41.5 Å². The highest BCUT2D eigenvalue weighted by atomic mass is 16.1. The maximum Gasteiger partial charge on any atom is 0.328 e. The number of nitrogens with two attached hydrogens (primary N) is 1. The fourth-order valence-electron chi connectivity index (χ4n) is 1.79. The first-order valence-corrected chi connectivity index (χ1v) is 5.78.